The van der Waals surface area contributed by atoms with Gasteiger partial charge < -0.3 is 10.1 Å². The van der Waals surface area contributed by atoms with E-state index in [4.69, 9.17) is 16.3 Å². The maximum Gasteiger partial charge on any atom is 0.283 e. The van der Waals surface area contributed by atoms with Crippen LogP contribution in [-0.4, -0.2) is 20.6 Å². The molecule has 11 heteroatoms. The molecule has 1 aliphatic carbocycles. The standard InChI is InChI=1S/C22H19ClF2N4O4/c1-12-3-2-4-16(7-12)33-17-9-14(8-15(10-17)29(31)32)26-18(30)11-28-21(13-5-6-13)19(23)20(27-28)22(24)25/h2-4,7-10,13,22H,5-6,11H2,1H3,(H,26,30). The van der Waals surface area contributed by atoms with E-state index in [9.17, 15) is 23.7 Å². The lowest BCUT2D eigenvalue weighted by Gasteiger charge is -2.11. The smallest absolute Gasteiger partial charge is 0.283 e. The zero-order valence-corrected chi connectivity index (χ0v) is 18.2. The molecule has 0 atom stereocenters. The first kappa shape index (κ1) is 22.7. The molecule has 1 aromatic heterocycles. The molecule has 2 aromatic carbocycles. The number of amides is 1. The molecule has 0 spiro atoms. The number of nitrogens with one attached hydrogen (secondary N) is 1. The molecule has 0 aliphatic heterocycles. The molecule has 0 radical (unpaired) electrons. The molecular weight excluding hydrogens is 458 g/mol. The number of carbonyl (C=O) groups is 1. The van der Waals surface area contributed by atoms with Crippen LogP contribution in [0.3, 0.4) is 0 Å². The van der Waals surface area contributed by atoms with E-state index in [0.29, 0.717) is 11.4 Å². The van der Waals surface area contributed by atoms with E-state index >= 15 is 0 Å². The highest BCUT2D eigenvalue weighted by Gasteiger charge is 2.34. The minimum Gasteiger partial charge on any atom is -0.457 e. The van der Waals surface area contributed by atoms with Crippen LogP contribution in [-0.2, 0) is 11.3 Å². The average molecular weight is 477 g/mol. The number of non-ortho nitro benzene ring substituents is 1. The van der Waals surface area contributed by atoms with Crippen molar-refractivity contribution in [3.63, 3.8) is 0 Å². The van der Waals surface area contributed by atoms with Crippen molar-refractivity contribution in [1.82, 2.24) is 9.78 Å². The van der Waals surface area contributed by atoms with Crippen molar-refractivity contribution in [3.05, 3.63) is 74.6 Å². The molecule has 33 heavy (non-hydrogen) atoms. The number of benzene rings is 2. The number of rotatable bonds is 8. The first-order chi connectivity index (χ1) is 15.7. The Balaban J connectivity index is 1.56. The van der Waals surface area contributed by atoms with E-state index in [0.717, 1.165) is 18.4 Å². The second kappa shape index (κ2) is 9.14. The molecule has 0 saturated heterocycles. The number of aryl methyl sites for hydroxylation is 1. The summed E-state index contributed by atoms with van der Waals surface area (Å²) in [6, 6.07) is 11.0. The zero-order valence-electron chi connectivity index (χ0n) is 17.4. The largest absolute Gasteiger partial charge is 0.457 e. The molecule has 1 amide bonds. The van der Waals surface area contributed by atoms with Gasteiger partial charge in [-0.2, -0.15) is 5.10 Å². The fourth-order valence-electron chi connectivity index (χ4n) is 3.45. The van der Waals surface area contributed by atoms with E-state index in [2.05, 4.69) is 10.4 Å². The van der Waals surface area contributed by atoms with Crippen molar-refractivity contribution in [1.29, 1.82) is 0 Å². The van der Waals surface area contributed by atoms with Gasteiger partial charge in [-0.15, -0.1) is 0 Å². The third-order valence-corrected chi connectivity index (χ3v) is 5.42. The van der Waals surface area contributed by atoms with Gasteiger partial charge in [0.05, 0.1) is 27.4 Å². The van der Waals surface area contributed by atoms with Crippen LogP contribution in [0.15, 0.2) is 42.5 Å². The summed E-state index contributed by atoms with van der Waals surface area (Å²) in [7, 11) is 0. The Morgan fingerprint density at radius 3 is 2.70 bits per heavy atom. The van der Waals surface area contributed by atoms with E-state index < -0.39 is 22.9 Å². The first-order valence-electron chi connectivity index (χ1n) is 10.1. The summed E-state index contributed by atoms with van der Waals surface area (Å²) < 4.78 is 33.3. The lowest BCUT2D eigenvalue weighted by atomic mass is 10.2. The highest BCUT2D eigenvalue weighted by molar-refractivity contribution is 6.32. The van der Waals surface area contributed by atoms with Crippen molar-refractivity contribution in [2.24, 2.45) is 0 Å². The molecular formula is C22H19ClF2N4O4. The van der Waals surface area contributed by atoms with Gasteiger partial charge in [0.15, 0.2) is 0 Å². The second-order valence-corrected chi connectivity index (χ2v) is 8.13. The summed E-state index contributed by atoms with van der Waals surface area (Å²) in [5, 5.41) is 17.6. The number of carbonyl (C=O) groups excluding carboxylic acids is 1. The van der Waals surface area contributed by atoms with Gasteiger partial charge in [-0.25, -0.2) is 8.78 Å². The maximum absolute atomic E-state index is 13.2. The minimum atomic E-state index is -2.86. The van der Waals surface area contributed by atoms with E-state index in [1.54, 1.807) is 18.2 Å². The van der Waals surface area contributed by atoms with Crippen LogP contribution in [0.2, 0.25) is 5.02 Å². The fraction of sp³-hybridized carbons (Fsp3) is 0.273. The number of hydrogen-bond donors (Lipinski definition) is 1. The molecule has 0 unspecified atom stereocenters. The Morgan fingerprint density at radius 1 is 1.30 bits per heavy atom. The van der Waals surface area contributed by atoms with Crippen molar-refractivity contribution >= 4 is 28.9 Å². The lowest BCUT2D eigenvalue weighted by Crippen LogP contribution is -2.21. The van der Waals surface area contributed by atoms with Gasteiger partial charge >= 0.3 is 0 Å². The quantitative estimate of drug-likeness (QED) is 0.317. The van der Waals surface area contributed by atoms with Crippen LogP contribution in [0.1, 0.15) is 42.1 Å². The number of aromatic nitrogens is 2. The van der Waals surface area contributed by atoms with Crippen LogP contribution in [0.5, 0.6) is 11.5 Å². The third kappa shape index (κ3) is 5.28. The summed E-state index contributed by atoms with van der Waals surface area (Å²) in [5.74, 6) is 0.0229. The van der Waals surface area contributed by atoms with E-state index in [1.165, 1.54) is 22.9 Å². The molecule has 1 N–H and O–H groups in total. The van der Waals surface area contributed by atoms with Gasteiger partial charge in [-0.1, -0.05) is 23.7 Å². The predicted octanol–water partition coefficient (Wildman–Crippen LogP) is 6.00. The minimum absolute atomic E-state index is 0.0163. The highest BCUT2D eigenvalue weighted by Crippen LogP contribution is 2.45. The molecule has 8 nitrogen and oxygen atoms in total. The number of nitro benzene ring substituents is 1. The Labute approximate surface area is 192 Å². The molecule has 1 saturated carbocycles. The Hall–Kier alpha value is -3.53. The summed E-state index contributed by atoms with van der Waals surface area (Å²) >= 11 is 6.08. The first-order valence-corrected chi connectivity index (χ1v) is 10.5. The van der Waals surface area contributed by atoms with Gasteiger partial charge in [0.25, 0.3) is 12.1 Å². The Kier molecular flexibility index (Phi) is 6.28. The second-order valence-electron chi connectivity index (χ2n) is 7.76. The lowest BCUT2D eigenvalue weighted by molar-refractivity contribution is -0.384. The number of alkyl halides is 2. The molecule has 0 bridgehead atoms. The van der Waals surface area contributed by atoms with Gasteiger partial charge in [0, 0.05) is 18.1 Å². The zero-order chi connectivity index (χ0) is 23.7. The fourth-order valence-corrected chi connectivity index (χ4v) is 3.82. The summed E-state index contributed by atoms with van der Waals surface area (Å²) in [6.07, 6.45) is -1.31. The topological polar surface area (TPSA) is 99.3 Å². The normalized spacial score (nSPS) is 13.2. The average Bonchev–Trinajstić information content (AvgIpc) is 3.51. The number of anilines is 1. The van der Waals surface area contributed by atoms with Crippen LogP contribution in [0.25, 0.3) is 0 Å². The van der Waals surface area contributed by atoms with Gasteiger partial charge in [-0.05, 0) is 37.5 Å². The van der Waals surface area contributed by atoms with E-state index in [-0.39, 0.29) is 34.6 Å². The van der Waals surface area contributed by atoms with Gasteiger partial charge in [0.2, 0.25) is 5.91 Å². The molecule has 1 aliphatic rings. The summed E-state index contributed by atoms with van der Waals surface area (Å²) in [5.41, 5.74) is 0.632. The Bertz CT molecular complexity index is 1230. The molecule has 1 fully saturated rings. The molecule has 1 heterocycles. The summed E-state index contributed by atoms with van der Waals surface area (Å²) in [4.78, 5) is 23.4. The molecule has 172 valence electrons. The van der Waals surface area contributed by atoms with Gasteiger partial charge in [-0.3, -0.25) is 19.6 Å². The van der Waals surface area contributed by atoms with Crippen LogP contribution in [0, 0.1) is 17.0 Å². The number of ether oxygens (including phenoxy) is 1. The van der Waals surface area contributed by atoms with Crippen LogP contribution < -0.4 is 10.1 Å². The number of hydrogen-bond acceptors (Lipinski definition) is 5. The van der Waals surface area contributed by atoms with Crippen molar-refractivity contribution < 1.29 is 23.2 Å². The third-order valence-electron chi connectivity index (χ3n) is 5.03. The number of halogens is 3. The van der Waals surface area contributed by atoms with Crippen molar-refractivity contribution in [3.8, 4) is 11.5 Å². The SMILES string of the molecule is Cc1cccc(Oc2cc(NC(=O)Cn3nc(C(F)F)c(Cl)c3C3CC3)cc([N+](=O)[O-])c2)c1. The number of nitro groups is 1. The van der Waals surface area contributed by atoms with Gasteiger partial charge in [0.1, 0.15) is 23.7 Å². The predicted molar refractivity (Wildman–Crippen MR) is 117 cm³/mol. The summed E-state index contributed by atoms with van der Waals surface area (Å²) in [6.45, 7) is 1.51. The maximum atomic E-state index is 13.2. The molecule has 3 aromatic rings. The monoisotopic (exact) mass is 476 g/mol. The van der Waals surface area contributed by atoms with Crippen LogP contribution in [0.4, 0.5) is 20.2 Å². The molecule has 4 rings (SSSR count). The number of nitrogens with zero attached hydrogens (tertiary/aromatic N) is 3. The van der Waals surface area contributed by atoms with Crippen molar-refractivity contribution in [2.75, 3.05) is 5.32 Å². The Morgan fingerprint density at radius 2 is 2.06 bits per heavy atom. The van der Waals surface area contributed by atoms with Crippen LogP contribution >= 0.6 is 11.6 Å². The van der Waals surface area contributed by atoms with Crippen molar-refractivity contribution in [2.45, 2.75) is 38.7 Å². The van der Waals surface area contributed by atoms with E-state index in [1.807, 2.05) is 13.0 Å². The highest BCUT2D eigenvalue weighted by atomic mass is 35.5.